The van der Waals surface area contributed by atoms with E-state index in [9.17, 15) is 0 Å². The van der Waals surface area contributed by atoms with Gasteiger partial charge in [0.2, 0.25) is 0 Å². The standard InChI is InChI=1S/C16H16O4P2S4/c1-17-9-5-13-14(6-10(9)18-2)24-21(23-13)22-25-15-7-11(19-3)12(20-4)8-16(15)26-22/h5-8H,1-4H3. The zero-order chi connectivity index (χ0) is 18.3. The molecule has 2 aliphatic rings. The summed E-state index contributed by atoms with van der Waals surface area (Å²) in [6, 6.07) is 7.92. The summed E-state index contributed by atoms with van der Waals surface area (Å²) in [7, 11) is 6.74. The molecule has 2 aliphatic heterocycles. The molecule has 2 aromatic carbocycles. The summed E-state index contributed by atoms with van der Waals surface area (Å²) < 4.78 is 21.8. The largest absolute Gasteiger partial charge is 0.493 e. The molecule has 138 valence electrons. The van der Waals surface area contributed by atoms with Crippen LogP contribution in [0.1, 0.15) is 0 Å². The van der Waals surface area contributed by atoms with Gasteiger partial charge in [0.05, 0.1) is 40.5 Å². The molecule has 2 heterocycles. The minimum absolute atomic E-state index is 0.251. The molecule has 0 N–H and O–H groups in total. The Hall–Kier alpha value is -0.100. The zero-order valence-corrected chi connectivity index (χ0v) is 19.5. The van der Waals surface area contributed by atoms with E-state index < -0.39 is 0 Å². The van der Waals surface area contributed by atoms with Crippen molar-refractivity contribution < 1.29 is 18.9 Å². The first-order valence-electron chi connectivity index (χ1n) is 7.51. The maximum atomic E-state index is 5.45. The van der Waals surface area contributed by atoms with E-state index in [-0.39, 0.29) is 12.0 Å². The molecule has 0 aliphatic carbocycles. The molecule has 0 radical (unpaired) electrons. The van der Waals surface area contributed by atoms with Gasteiger partial charge in [0.25, 0.3) is 0 Å². The molecule has 26 heavy (non-hydrogen) atoms. The minimum atomic E-state index is -0.251. The summed E-state index contributed by atoms with van der Waals surface area (Å²) in [5.74, 6) is 3.20. The predicted molar refractivity (Wildman–Crippen MR) is 116 cm³/mol. The molecule has 0 spiro atoms. The van der Waals surface area contributed by atoms with E-state index in [1.54, 1.807) is 28.4 Å². The number of methoxy groups -OCH3 is 4. The summed E-state index contributed by atoms with van der Waals surface area (Å²) in [6.07, 6.45) is 0. The van der Waals surface area contributed by atoms with Gasteiger partial charge in [0, 0.05) is 19.6 Å². The maximum absolute atomic E-state index is 5.45. The summed E-state index contributed by atoms with van der Waals surface area (Å²) in [5.41, 5.74) is 0. The average molecular weight is 463 g/mol. The van der Waals surface area contributed by atoms with Crippen molar-refractivity contribution in [3.05, 3.63) is 24.3 Å². The highest BCUT2D eigenvalue weighted by Gasteiger charge is 2.38. The lowest BCUT2D eigenvalue weighted by Crippen LogP contribution is -1.90. The summed E-state index contributed by atoms with van der Waals surface area (Å²) in [4.78, 5) is 5.20. The second kappa shape index (κ2) is 8.10. The van der Waals surface area contributed by atoms with Crippen LogP contribution in [-0.4, -0.2) is 28.4 Å². The molecule has 0 unspecified atom stereocenters. The van der Waals surface area contributed by atoms with Crippen LogP contribution in [0.4, 0.5) is 0 Å². The Morgan fingerprint density at radius 3 is 0.923 bits per heavy atom. The first kappa shape index (κ1) is 19.2. The van der Waals surface area contributed by atoms with Crippen molar-refractivity contribution >= 4 is 57.6 Å². The van der Waals surface area contributed by atoms with Crippen LogP contribution >= 0.6 is 57.6 Å². The average Bonchev–Trinajstić information content (AvgIpc) is 3.28. The van der Waals surface area contributed by atoms with Crippen LogP contribution in [0, 0.1) is 0 Å². The van der Waals surface area contributed by atoms with Crippen LogP contribution < -0.4 is 18.9 Å². The molecule has 10 heteroatoms. The molecular weight excluding hydrogens is 446 g/mol. The van der Waals surface area contributed by atoms with E-state index >= 15 is 0 Å². The molecule has 0 saturated carbocycles. The van der Waals surface area contributed by atoms with E-state index in [2.05, 4.69) is 24.3 Å². The molecule has 0 bridgehead atoms. The van der Waals surface area contributed by atoms with Crippen molar-refractivity contribution in [3.63, 3.8) is 0 Å². The fourth-order valence-electron chi connectivity index (χ4n) is 2.48. The maximum Gasteiger partial charge on any atom is 0.161 e. The van der Waals surface area contributed by atoms with Crippen LogP contribution in [0.3, 0.4) is 0 Å². The highest BCUT2D eigenvalue weighted by atomic mass is 33.5. The second-order valence-corrected chi connectivity index (χ2v) is 22.2. The Morgan fingerprint density at radius 2 is 0.731 bits per heavy atom. The van der Waals surface area contributed by atoms with Gasteiger partial charge in [-0.05, 0) is 24.3 Å². The lowest BCUT2D eigenvalue weighted by atomic mass is 10.3. The molecular formula is C16H16O4P2S4. The Bertz CT molecular complexity index is 716. The molecule has 0 fully saturated rings. The van der Waals surface area contributed by atoms with Crippen molar-refractivity contribution in [3.8, 4) is 23.0 Å². The van der Waals surface area contributed by atoms with Crippen LogP contribution in [0.25, 0.3) is 0 Å². The van der Waals surface area contributed by atoms with Gasteiger partial charge in [-0.1, -0.05) is 45.5 Å². The lowest BCUT2D eigenvalue weighted by molar-refractivity contribution is 0.353. The fraction of sp³-hybridized carbons (Fsp3) is 0.250. The van der Waals surface area contributed by atoms with Crippen molar-refractivity contribution in [2.45, 2.75) is 19.6 Å². The smallest absolute Gasteiger partial charge is 0.161 e. The molecule has 0 saturated heterocycles. The number of hydrogen-bond donors (Lipinski definition) is 0. The van der Waals surface area contributed by atoms with Crippen LogP contribution in [0.2, 0.25) is 0 Å². The SMILES string of the molecule is COc1cc2c(cc1OC)SP(P1Sc3cc(OC)c(OC)cc3S1)S2. The van der Waals surface area contributed by atoms with Gasteiger partial charge < -0.3 is 18.9 Å². The third kappa shape index (κ3) is 3.49. The Balaban J connectivity index is 1.55. The quantitative estimate of drug-likeness (QED) is 0.427. The first-order valence-corrected chi connectivity index (χ1v) is 16.6. The van der Waals surface area contributed by atoms with Gasteiger partial charge in [0.15, 0.2) is 23.0 Å². The Kier molecular flexibility index (Phi) is 5.99. The van der Waals surface area contributed by atoms with E-state index in [1.165, 1.54) is 19.6 Å². The van der Waals surface area contributed by atoms with Crippen LogP contribution in [0.5, 0.6) is 23.0 Å². The summed E-state index contributed by atoms with van der Waals surface area (Å²) >= 11 is 7.96. The number of ether oxygens (including phenoxy) is 4. The number of fused-ring (bicyclic) bond motifs is 2. The van der Waals surface area contributed by atoms with Gasteiger partial charge >= 0.3 is 0 Å². The third-order valence-corrected chi connectivity index (χ3v) is 27.3. The molecule has 0 atom stereocenters. The van der Waals surface area contributed by atoms with Crippen LogP contribution in [0.15, 0.2) is 43.8 Å². The predicted octanol–water partition coefficient (Wildman–Crippen LogP) is 7.36. The molecule has 0 aromatic heterocycles. The monoisotopic (exact) mass is 462 g/mol. The molecule has 4 nitrogen and oxygen atoms in total. The molecule has 0 amide bonds. The topological polar surface area (TPSA) is 36.9 Å². The zero-order valence-electron chi connectivity index (χ0n) is 14.5. The number of rotatable bonds is 5. The normalized spacial score (nSPS) is 16.3. The Morgan fingerprint density at radius 1 is 0.500 bits per heavy atom. The number of hydrogen-bond acceptors (Lipinski definition) is 8. The van der Waals surface area contributed by atoms with Crippen molar-refractivity contribution in [2.24, 2.45) is 0 Å². The first-order chi connectivity index (χ1) is 12.7. The summed E-state index contributed by atoms with van der Waals surface area (Å²) in [6.45, 7) is 0. The number of benzene rings is 2. The summed E-state index contributed by atoms with van der Waals surface area (Å²) in [5, 5.41) is 0. The van der Waals surface area contributed by atoms with Gasteiger partial charge in [-0.3, -0.25) is 0 Å². The fourth-order valence-corrected chi connectivity index (χ4v) is 27.1. The van der Waals surface area contributed by atoms with Crippen LogP contribution in [-0.2, 0) is 0 Å². The lowest BCUT2D eigenvalue weighted by Gasteiger charge is -2.13. The van der Waals surface area contributed by atoms with Gasteiger partial charge in [-0.15, -0.1) is 0 Å². The van der Waals surface area contributed by atoms with E-state index in [0.29, 0.717) is 0 Å². The highest BCUT2D eigenvalue weighted by Crippen LogP contribution is 3.00. The third-order valence-electron chi connectivity index (χ3n) is 3.74. The molecule has 2 aromatic rings. The Labute approximate surface area is 171 Å². The van der Waals surface area contributed by atoms with Crippen molar-refractivity contribution in [2.75, 3.05) is 28.4 Å². The second-order valence-electron chi connectivity index (χ2n) is 5.15. The van der Waals surface area contributed by atoms with E-state index in [1.807, 2.05) is 45.5 Å². The van der Waals surface area contributed by atoms with Gasteiger partial charge in [0.1, 0.15) is 0 Å². The molecule has 4 rings (SSSR count). The van der Waals surface area contributed by atoms with Crippen molar-refractivity contribution in [1.29, 1.82) is 0 Å². The highest BCUT2D eigenvalue weighted by molar-refractivity contribution is 9.26. The van der Waals surface area contributed by atoms with E-state index in [0.717, 1.165) is 23.0 Å². The van der Waals surface area contributed by atoms with E-state index in [4.69, 9.17) is 18.9 Å². The van der Waals surface area contributed by atoms with Crippen molar-refractivity contribution in [1.82, 2.24) is 0 Å². The minimum Gasteiger partial charge on any atom is -0.493 e. The van der Waals surface area contributed by atoms with Gasteiger partial charge in [-0.25, -0.2) is 0 Å². The van der Waals surface area contributed by atoms with Gasteiger partial charge in [-0.2, -0.15) is 0 Å².